The number of aromatic carboxylic acids is 3. The summed E-state index contributed by atoms with van der Waals surface area (Å²) in [4.78, 5) is 54.2. The fourth-order valence-corrected chi connectivity index (χ4v) is 6.65. The minimum absolute atomic E-state index is 0.0512. The van der Waals surface area contributed by atoms with Crippen LogP contribution in [-0.4, -0.2) is 53.2 Å². The molecule has 10 heteroatoms. The van der Waals surface area contributed by atoms with Crippen LogP contribution in [0.25, 0.3) is 79.8 Å². The minimum Gasteiger partial charge on any atom is -0.478 e. The number of hydrogen-bond acceptors (Lipinski definition) is 5. The van der Waals surface area contributed by atoms with E-state index >= 15 is 0 Å². The molecule has 0 amide bonds. The maximum absolute atomic E-state index is 12.6. The van der Waals surface area contributed by atoms with E-state index in [0.717, 1.165) is 0 Å². The molecule has 2 aliphatic rings. The predicted molar refractivity (Wildman–Crippen MR) is 196 cm³/mol. The lowest BCUT2D eigenvalue weighted by Crippen LogP contribution is -2.01. The van der Waals surface area contributed by atoms with Crippen LogP contribution in [0.2, 0.25) is 0 Å². The number of nitrogens with one attached hydrogen (secondary N) is 2. The van der Waals surface area contributed by atoms with E-state index in [1.54, 1.807) is 72.8 Å². The lowest BCUT2D eigenvalue weighted by Gasteiger charge is -2.09. The second-order valence-electron chi connectivity index (χ2n) is 11.9. The van der Waals surface area contributed by atoms with Gasteiger partial charge in [-0.15, -0.1) is 0 Å². The number of carbonyl (C=O) groups is 3. The summed E-state index contributed by atoms with van der Waals surface area (Å²) in [6.45, 7) is 0. The molecule has 0 saturated heterocycles. The van der Waals surface area contributed by atoms with Crippen LogP contribution in [0.1, 0.15) is 53.8 Å². The molecule has 0 radical (unpaired) electrons. The number of fused-ring (bicyclic) bond motifs is 8. The quantitative estimate of drug-likeness (QED) is 0.117. The van der Waals surface area contributed by atoms with Gasteiger partial charge < -0.3 is 25.3 Å². The third-order valence-corrected chi connectivity index (χ3v) is 8.86. The molecule has 10 nitrogen and oxygen atoms in total. The van der Waals surface area contributed by atoms with Crippen LogP contribution in [0.3, 0.4) is 0 Å². The van der Waals surface area contributed by atoms with Crippen LogP contribution in [-0.2, 0) is 0 Å². The Morgan fingerprint density at radius 2 is 0.843 bits per heavy atom. The van der Waals surface area contributed by atoms with Gasteiger partial charge in [-0.25, -0.2) is 24.4 Å². The Morgan fingerprint density at radius 1 is 0.451 bits per heavy atom. The van der Waals surface area contributed by atoms with Crippen LogP contribution in [0.15, 0.2) is 103 Å². The monoisotopic (exact) mass is 670 g/mol. The van der Waals surface area contributed by atoms with Crippen molar-refractivity contribution in [2.24, 2.45) is 0 Å². The molecule has 0 atom stereocenters. The summed E-state index contributed by atoms with van der Waals surface area (Å²) in [5, 5.41) is 30.6. The maximum Gasteiger partial charge on any atom is 0.336 e. The normalized spacial score (nSPS) is 11.8. The van der Waals surface area contributed by atoms with Crippen molar-refractivity contribution in [2.45, 2.75) is 0 Å². The number of aromatic nitrogens is 4. The Hall–Kier alpha value is -7.33. The SMILES string of the molecule is O=C(O)c1ccccc1-c1c2nc(c(-c3ccccc3C(=O)O)c3ccc([nH]3)c(-c3ccccc3C(=O)O)c3nc(cc4ccc1[nH]4)C=C3)C=C2. The van der Waals surface area contributed by atoms with Gasteiger partial charge in [-0.2, -0.15) is 0 Å². The van der Waals surface area contributed by atoms with Gasteiger partial charge in [0.1, 0.15) is 0 Å². The maximum atomic E-state index is 12.6. The van der Waals surface area contributed by atoms with E-state index in [9.17, 15) is 29.7 Å². The molecular weight excluding hydrogens is 644 g/mol. The van der Waals surface area contributed by atoms with Crippen molar-refractivity contribution in [1.82, 2.24) is 19.9 Å². The Labute approximate surface area is 289 Å². The van der Waals surface area contributed by atoms with Gasteiger partial charge in [-0.3, -0.25) is 0 Å². The van der Waals surface area contributed by atoms with Crippen LogP contribution in [0, 0.1) is 0 Å². The fraction of sp³-hybridized carbons (Fsp3) is 0. The van der Waals surface area contributed by atoms with Crippen molar-refractivity contribution in [3.8, 4) is 33.4 Å². The average Bonchev–Trinajstić information content (AvgIpc) is 3.96. The zero-order valence-corrected chi connectivity index (χ0v) is 26.6. The first-order valence-electron chi connectivity index (χ1n) is 15.9. The smallest absolute Gasteiger partial charge is 0.336 e. The summed E-state index contributed by atoms with van der Waals surface area (Å²) in [5.41, 5.74) is 7.49. The van der Waals surface area contributed by atoms with Crippen LogP contribution >= 0.6 is 0 Å². The average molecular weight is 671 g/mol. The first-order chi connectivity index (χ1) is 24.8. The summed E-state index contributed by atoms with van der Waals surface area (Å²) >= 11 is 0. The van der Waals surface area contributed by atoms with E-state index in [-0.39, 0.29) is 16.7 Å². The molecule has 0 saturated carbocycles. The lowest BCUT2D eigenvalue weighted by molar-refractivity contribution is 0.0687. The molecule has 246 valence electrons. The summed E-state index contributed by atoms with van der Waals surface area (Å²) in [6, 6.07) is 29.2. The summed E-state index contributed by atoms with van der Waals surface area (Å²) < 4.78 is 0. The Morgan fingerprint density at radius 3 is 1.31 bits per heavy atom. The van der Waals surface area contributed by atoms with Crippen LogP contribution in [0.4, 0.5) is 0 Å². The van der Waals surface area contributed by atoms with Crippen molar-refractivity contribution in [3.05, 3.63) is 143 Å². The zero-order chi connectivity index (χ0) is 35.2. The highest BCUT2D eigenvalue weighted by Gasteiger charge is 2.22. The van der Waals surface area contributed by atoms with Gasteiger partial charge in [-0.05, 0) is 72.8 Å². The van der Waals surface area contributed by atoms with Gasteiger partial charge in [0.05, 0.1) is 39.5 Å². The number of H-pyrrole nitrogens is 2. The topological polar surface area (TPSA) is 169 Å². The molecule has 8 bridgehead atoms. The highest BCUT2D eigenvalue weighted by Crippen LogP contribution is 2.38. The number of benzene rings is 3. The Bertz CT molecular complexity index is 2640. The second kappa shape index (κ2) is 12.3. The van der Waals surface area contributed by atoms with Crippen LogP contribution < -0.4 is 0 Å². The van der Waals surface area contributed by atoms with Crippen molar-refractivity contribution in [1.29, 1.82) is 0 Å². The lowest BCUT2D eigenvalue weighted by atomic mass is 9.98. The Balaban J connectivity index is 1.58. The summed E-state index contributed by atoms with van der Waals surface area (Å²) in [5.74, 6) is -3.32. The van der Waals surface area contributed by atoms with E-state index in [0.29, 0.717) is 78.2 Å². The molecule has 5 heterocycles. The number of aromatic amines is 2. The van der Waals surface area contributed by atoms with Gasteiger partial charge in [0.25, 0.3) is 0 Å². The molecule has 3 aromatic heterocycles. The first kappa shape index (κ1) is 31.0. The molecule has 5 N–H and O–H groups in total. The number of carboxylic acid groups (broad SMARTS) is 3. The number of rotatable bonds is 6. The van der Waals surface area contributed by atoms with Gasteiger partial charge in [0, 0.05) is 55.4 Å². The molecule has 0 aliphatic carbocycles. The molecule has 3 aromatic carbocycles. The van der Waals surface area contributed by atoms with E-state index in [1.807, 2.05) is 36.4 Å². The zero-order valence-electron chi connectivity index (χ0n) is 26.6. The summed E-state index contributed by atoms with van der Waals surface area (Å²) in [6.07, 6.45) is 7.20. The number of carboxylic acids is 3. The van der Waals surface area contributed by atoms with Crippen molar-refractivity contribution < 1.29 is 29.7 Å². The fourth-order valence-electron chi connectivity index (χ4n) is 6.65. The molecule has 0 unspecified atom stereocenters. The molecule has 8 rings (SSSR count). The highest BCUT2D eigenvalue weighted by atomic mass is 16.4. The number of hydrogen-bond donors (Lipinski definition) is 5. The molecule has 2 aliphatic heterocycles. The molecule has 0 fully saturated rings. The first-order valence-corrected chi connectivity index (χ1v) is 15.9. The van der Waals surface area contributed by atoms with E-state index in [2.05, 4.69) is 9.97 Å². The largest absolute Gasteiger partial charge is 0.478 e. The van der Waals surface area contributed by atoms with Crippen molar-refractivity contribution in [2.75, 3.05) is 0 Å². The second-order valence-corrected chi connectivity index (χ2v) is 11.9. The van der Waals surface area contributed by atoms with Crippen molar-refractivity contribution in [3.63, 3.8) is 0 Å². The summed E-state index contributed by atoms with van der Waals surface area (Å²) in [7, 11) is 0. The van der Waals surface area contributed by atoms with E-state index < -0.39 is 17.9 Å². The third-order valence-electron chi connectivity index (χ3n) is 8.86. The van der Waals surface area contributed by atoms with Gasteiger partial charge in [0.15, 0.2) is 0 Å². The number of nitrogens with zero attached hydrogens (tertiary/aromatic N) is 2. The van der Waals surface area contributed by atoms with E-state index in [1.165, 1.54) is 18.2 Å². The van der Waals surface area contributed by atoms with Gasteiger partial charge >= 0.3 is 17.9 Å². The Kier molecular flexibility index (Phi) is 7.46. The van der Waals surface area contributed by atoms with Gasteiger partial charge in [0.2, 0.25) is 0 Å². The standard InChI is InChI=1S/C41H26N4O6/c46-39(47)27-10-4-1-7-24(27)36-30-15-13-22(42-30)21-23-14-16-31(43-23)37(25-8-2-5-11-28(25)40(48)49)33-18-20-35(45-33)38(34-19-17-32(36)44-34)26-9-3-6-12-29(26)41(50)51/h1-21,42,45H,(H,46,47)(H,48,49)(H,50,51). The van der Waals surface area contributed by atoms with Crippen molar-refractivity contribution >= 4 is 64.3 Å². The van der Waals surface area contributed by atoms with E-state index in [4.69, 9.17) is 9.97 Å². The third kappa shape index (κ3) is 5.46. The van der Waals surface area contributed by atoms with Gasteiger partial charge in [-0.1, -0.05) is 54.6 Å². The molecule has 51 heavy (non-hydrogen) atoms. The highest BCUT2D eigenvalue weighted by molar-refractivity contribution is 6.06. The molecular formula is C41H26N4O6. The molecule has 6 aromatic rings. The van der Waals surface area contributed by atoms with Crippen LogP contribution in [0.5, 0.6) is 0 Å². The predicted octanol–water partition coefficient (Wildman–Crippen LogP) is 8.75. The minimum atomic E-state index is -1.13. The molecule has 0 spiro atoms.